The molecule has 1 atom stereocenters. The average Bonchev–Trinajstić information content (AvgIpc) is 2.83. The van der Waals surface area contributed by atoms with Crippen LogP contribution in [0.15, 0.2) is 77.7 Å². The van der Waals surface area contributed by atoms with Crippen LogP contribution in [0.2, 0.25) is 5.02 Å². The second-order valence-corrected chi connectivity index (χ2v) is 9.62. The van der Waals surface area contributed by atoms with Crippen molar-refractivity contribution >= 4 is 44.9 Å². The quantitative estimate of drug-likeness (QED) is 0.488. The van der Waals surface area contributed by atoms with Crippen molar-refractivity contribution in [2.45, 2.75) is 17.9 Å². The van der Waals surface area contributed by atoms with Crippen LogP contribution >= 0.6 is 11.6 Å². The van der Waals surface area contributed by atoms with Gasteiger partial charge in [0.05, 0.1) is 27.8 Å². The third kappa shape index (κ3) is 5.73. The number of carbonyl (C=O) groups is 2. The maximum Gasteiger partial charge on any atom is 0.338 e. The zero-order valence-corrected chi connectivity index (χ0v) is 19.8. The SMILES string of the molecule is CC(OC(=O)c1cccc(S(=O)(=O)N(C)c2cccc(Cl)c2)c1)C(=O)Nc1cccc(C#N)c1. The molecular formula is C24H20ClN3O5S. The summed E-state index contributed by atoms with van der Waals surface area (Å²) >= 11 is 5.96. The monoisotopic (exact) mass is 497 g/mol. The van der Waals surface area contributed by atoms with E-state index in [-0.39, 0.29) is 10.5 Å². The Bertz CT molecular complexity index is 1390. The Morgan fingerprint density at radius 3 is 2.47 bits per heavy atom. The summed E-state index contributed by atoms with van der Waals surface area (Å²) < 4.78 is 32.4. The van der Waals surface area contributed by atoms with Crippen molar-refractivity contribution in [3.8, 4) is 6.07 Å². The number of nitriles is 1. The fourth-order valence-corrected chi connectivity index (χ4v) is 4.36. The van der Waals surface area contributed by atoms with Gasteiger partial charge < -0.3 is 10.1 Å². The minimum Gasteiger partial charge on any atom is -0.449 e. The van der Waals surface area contributed by atoms with Gasteiger partial charge in [-0.1, -0.05) is 29.8 Å². The number of rotatable bonds is 7. The average molecular weight is 498 g/mol. The molecule has 34 heavy (non-hydrogen) atoms. The zero-order valence-electron chi connectivity index (χ0n) is 18.2. The molecule has 0 bridgehead atoms. The van der Waals surface area contributed by atoms with Crippen LogP contribution in [0, 0.1) is 11.3 Å². The molecule has 174 valence electrons. The summed E-state index contributed by atoms with van der Waals surface area (Å²) in [6, 6.07) is 19.9. The summed E-state index contributed by atoms with van der Waals surface area (Å²) in [7, 11) is -2.62. The Labute approximate surface area is 202 Å². The van der Waals surface area contributed by atoms with Gasteiger partial charge >= 0.3 is 5.97 Å². The highest BCUT2D eigenvalue weighted by Crippen LogP contribution is 2.25. The van der Waals surface area contributed by atoms with Gasteiger partial charge in [-0.25, -0.2) is 13.2 Å². The number of benzene rings is 3. The van der Waals surface area contributed by atoms with Crippen LogP contribution in [0.3, 0.4) is 0 Å². The first-order valence-corrected chi connectivity index (χ1v) is 11.8. The molecule has 0 aliphatic carbocycles. The van der Waals surface area contributed by atoms with E-state index in [9.17, 15) is 18.0 Å². The zero-order chi connectivity index (χ0) is 24.9. The largest absolute Gasteiger partial charge is 0.449 e. The highest BCUT2D eigenvalue weighted by Gasteiger charge is 2.24. The highest BCUT2D eigenvalue weighted by molar-refractivity contribution is 7.92. The molecule has 0 aliphatic heterocycles. The Morgan fingerprint density at radius 2 is 1.76 bits per heavy atom. The summed E-state index contributed by atoms with van der Waals surface area (Å²) in [6.07, 6.45) is -1.17. The van der Waals surface area contributed by atoms with E-state index in [1.165, 1.54) is 50.4 Å². The van der Waals surface area contributed by atoms with Crippen molar-refractivity contribution in [2.24, 2.45) is 0 Å². The van der Waals surface area contributed by atoms with Crippen molar-refractivity contribution in [3.05, 3.63) is 88.9 Å². The molecule has 0 radical (unpaired) electrons. The van der Waals surface area contributed by atoms with Crippen LogP contribution in [0.25, 0.3) is 0 Å². The van der Waals surface area contributed by atoms with E-state index >= 15 is 0 Å². The van der Waals surface area contributed by atoms with E-state index in [0.29, 0.717) is 22.0 Å². The predicted molar refractivity (Wildman–Crippen MR) is 128 cm³/mol. The van der Waals surface area contributed by atoms with E-state index in [4.69, 9.17) is 21.6 Å². The van der Waals surface area contributed by atoms with Crippen molar-refractivity contribution in [2.75, 3.05) is 16.7 Å². The lowest BCUT2D eigenvalue weighted by molar-refractivity contribution is -0.123. The number of nitrogens with zero attached hydrogens (tertiary/aromatic N) is 2. The fraction of sp³-hybridized carbons (Fsp3) is 0.125. The van der Waals surface area contributed by atoms with Gasteiger partial charge in [-0.05, 0) is 61.5 Å². The smallest absolute Gasteiger partial charge is 0.338 e. The minimum absolute atomic E-state index is 0.0355. The third-order valence-electron chi connectivity index (χ3n) is 4.81. The lowest BCUT2D eigenvalue weighted by Gasteiger charge is -2.20. The molecular weight excluding hydrogens is 478 g/mol. The molecule has 3 aromatic rings. The van der Waals surface area contributed by atoms with Gasteiger partial charge in [0.25, 0.3) is 15.9 Å². The van der Waals surface area contributed by atoms with Crippen molar-refractivity contribution in [1.82, 2.24) is 0 Å². The van der Waals surface area contributed by atoms with Gasteiger partial charge in [0.1, 0.15) is 0 Å². The number of sulfonamides is 1. The Kier molecular flexibility index (Phi) is 7.56. The van der Waals surface area contributed by atoms with E-state index in [1.807, 2.05) is 6.07 Å². The number of esters is 1. The van der Waals surface area contributed by atoms with Crippen molar-refractivity contribution < 1.29 is 22.7 Å². The van der Waals surface area contributed by atoms with Gasteiger partial charge in [0, 0.05) is 17.8 Å². The maximum absolute atomic E-state index is 13.0. The molecule has 0 aromatic heterocycles. The first-order chi connectivity index (χ1) is 16.1. The van der Waals surface area contributed by atoms with Gasteiger partial charge in [-0.15, -0.1) is 0 Å². The minimum atomic E-state index is -4.00. The summed E-state index contributed by atoms with van der Waals surface area (Å²) in [4.78, 5) is 24.9. The lowest BCUT2D eigenvalue weighted by Crippen LogP contribution is -2.30. The molecule has 0 aliphatic rings. The second-order valence-electron chi connectivity index (χ2n) is 7.21. The van der Waals surface area contributed by atoms with Crippen LogP contribution in [0.5, 0.6) is 0 Å². The van der Waals surface area contributed by atoms with Crippen molar-refractivity contribution in [1.29, 1.82) is 5.26 Å². The van der Waals surface area contributed by atoms with Crippen molar-refractivity contribution in [3.63, 3.8) is 0 Å². The molecule has 0 heterocycles. The van der Waals surface area contributed by atoms with Crippen LogP contribution in [0.1, 0.15) is 22.8 Å². The third-order valence-corrected chi connectivity index (χ3v) is 6.83. The number of hydrogen-bond donors (Lipinski definition) is 1. The molecule has 0 saturated carbocycles. The first kappa shape index (κ1) is 24.8. The number of hydrogen-bond acceptors (Lipinski definition) is 6. The van der Waals surface area contributed by atoms with Crippen LogP contribution in [-0.4, -0.2) is 33.4 Å². The number of carbonyl (C=O) groups excluding carboxylic acids is 2. The summed E-state index contributed by atoms with van der Waals surface area (Å²) in [5.41, 5.74) is 1.06. The molecule has 8 nitrogen and oxygen atoms in total. The predicted octanol–water partition coefficient (Wildman–Crippen LogP) is 4.22. The molecule has 1 N–H and O–H groups in total. The molecule has 0 saturated heterocycles. The summed E-state index contributed by atoms with van der Waals surface area (Å²) in [6.45, 7) is 1.38. The maximum atomic E-state index is 13.0. The fourth-order valence-electron chi connectivity index (χ4n) is 2.94. The van der Waals surface area contributed by atoms with Crippen LogP contribution < -0.4 is 9.62 Å². The Morgan fingerprint density at radius 1 is 1.06 bits per heavy atom. The highest BCUT2D eigenvalue weighted by atomic mass is 35.5. The van der Waals surface area contributed by atoms with Gasteiger partial charge in [-0.3, -0.25) is 9.10 Å². The topological polar surface area (TPSA) is 117 Å². The lowest BCUT2D eigenvalue weighted by atomic mass is 10.2. The van der Waals surface area contributed by atoms with E-state index in [1.54, 1.807) is 36.4 Å². The van der Waals surface area contributed by atoms with E-state index in [2.05, 4.69) is 5.32 Å². The number of nitrogens with one attached hydrogen (secondary N) is 1. The number of ether oxygens (including phenoxy) is 1. The Hall–Kier alpha value is -3.87. The number of halogens is 1. The standard InChI is InChI=1S/C24H20ClN3O5S/c1-16(23(29)27-20-9-3-6-17(12-20)15-26)33-24(30)18-7-4-11-22(13-18)34(31,32)28(2)21-10-5-8-19(25)14-21/h3-14,16H,1-2H3,(H,27,29). The molecule has 3 rings (SSSR count). The number of amides is 1. The van der Waals surface area contributed by atoms with Gasteiger partial charge in [-0.2, -0.15) is 5.26 Å². The van der Waals surface area contributed by atoms with Gasteiger partial charge in [0.2, 0.25) is 0 Å². The Balaban J connectivity index is 1.73. The molecule has 1 unspecified atom stereocenters. The van der Waals surface area contributed by atoms with E-state index in [0.717, 1.165) is 4.31 Å². The normalized spacial score (nSPS) is 11.7. The molecule has 10 heteroatoms. The molecule has 1 amide bonds. The molecule has 0 fully saturated rings. The molecule has 0 spiro atoms. The molecule has 3 aromatic carbocycles. The van der Waals surface area contributed by atoms with Crippen LogP contribution in [0.4, 0.5) is 11.4 Å². The number of anilines is 2. The van der Waals surface area contributed by atoms with E-state index < -0.39 is 28.0 Å². The van der Waals surface area contributed by atoms with Gasteiger partial charge in [0.15, 0.2) is 6.10 Å². The summed E-state index contributed by atoms with van der Waals surface area (Å²) in [5, 5.41) is 11.9. The first-order valence-electron chi connectivity index (χ1n) is 9.98. The second kappa shape index (κ2) is 10.4. The van der Waals surface area contributed by atoms with Crippen LogP contribution in [-0.2, 0) is 19.6 Å². The summed E-state index contributed by atoms with van der Waals surface area (Å²) in [5.74, 6) is -1.47.